The van der Waals surface area contributed by atoms with E-state index < -0.39 is 0 Å². The van der Waals surface area contributed by atoms with E-state index in [1.807, 2.05) is 0 Å². The number of hydrogen-bond donors (Lipinski definition) is 0. The van der Waals surface area contributed by atoms with Crippen molar-refractivity contribution in [3.05, 3.63) is 43.5 Å². The van der Waals surface area contributed by atoms with Crippen LogP contribution in [0.25, 0.3) is 0 Å². The molecule has 0 aliphatic heterocycles. The van der Waals surface area contributed by atoms with Crippen molar-refractivity contribution in [2.75, 3.05) is 0 Å². The molecular weight excluding hydrogens is 347 g/mol. The number of halogens is 2. The molecule has 0 spiro atoms. The summed E-state index contributed by atoms with van der Waals surface area (Å²) in [5, 5.41) is 2.06. The fraction of sp³-hybridized carbons (Fsp3) is 0.579. The van der Waals surface area contributed by atoms with Crippen molar-refractivity contribution >= 4 is 23.2 Å². The van der Waals surface area contributed by atoms with Gasteiger partial charge in [0.05, 0.1) is 0 Å². The third-order valence-electron chi connectivity index (χ3n) is 4.91. The molecule has 0 N–H and O–H groups in total. The molecule has 2 aliphatic rings. The fourth-order valence-corrected chi connectivity index (χ4v) is 5.18. The molecule has 0 bridgehead atoms. The van der Waals surface area contributed by atoms with E-state index >= 15 is 0 Å². The van der Waals surface area contributed by atoms with Gasteiger partial charge >= 0.3 is 0 Å². The van der Waals surface area contributed by atoms with Crippen LogP contribution in [0.3, 0.4) is 0 Å². The van der Waals surface area contributed by atoms with Crippen molar-refractivity contribution in [2.24, 2.45) is 5.41 Å². The fourth-order valence-electron chi connectivity index (χ4n) is 4.33. The molecule has 0 aromatic rings. The second-order valence-corrected chi connectivity index (χ2v) is 7.68. The maximum atomic E-state index is 6.50. The van der Waals surface area contributed by atoms with Crippen molar-refractivity contribution in [3.8, 4) is 0 Å². The van der Waals surface area contributed by atoms with Gasteiger partial charge in [0.25, 0.3) is 0 Å². The van der Waals surface area contributed by atoms with Crippen LogP contribution in [0, 0.1) is 5.41 Å². The number of allylic oxidation sites excluding steroid dienone is 8. The van der Waals surface area contributed by atoms with Crippen molar-refractivity contribution < 1.29 is 21.7 Å². The van der Waals surface area contributed by atoms with Crippen LogP contribution in [0.5, 0.6) is 0 Å². The van der Waals surface area contributed by atoms with Gasteiger partial charge in [-0.25, -0.2) is 0 Å². The zero-order chi connectivity index (χ0) is 15.9. The van der Waals surface area contributed by atoms with E-state index in [0.717, 1.165) is 35.7 Å². The van der Waals surface area contributed by atoms with Crippen LogP contribution in [-0.2, 0) is 21.7 Å². The topological polar surface area (TPSA) is 0 Å². The molecule has 0 aromatic heterocycles. The monoisotopic (exact) mass is 372 g/mol. The largest absolute Gasteiger partial charge is 0.0885 e. The molecule has 0 atom stereocenters. The minimum Gasteiger partial charge on any atom is -0.0885 e. The quantitative estimate of drug-likeness (QED) is 0.455. The zero-order valence-electron chi connectivity index (χ0n) is 14.6. The Bertz CT molecular complexity index is 549. The SMILES string of the molecule is CCC1=C(Cl)CC(C)=C1C(C)(C)C1=C(C)CC(Cl)=C1CC.[Ti]. The zero-order valence-corrected chi connectivity index (χ0v) is 17.7. The number of rotatable bonds is 4. The maximum Gasteiger partial charge on any atom is 0.0256 e. The second kappa shape index (κ2) is 7.43. The molecule has 0 saturated carbocycles. The average Bonchev–Trinajstić information content (AvgIpc) is 2.84. The Morgan fingerprint density at radius 1 is 0.818 bits per heavy atom. The van der Waals surface area contributed by atoms with Crippen LogP contribution in [0.1, 0.15) is 67.2 Å². The Morgan fingerprint density at radius 3 is 1.41 bits per heavy atom. The van der Waals surface area contributed by atoms with Gasteiger partial charge in [-0.1, -0.05) is 62.0 Å². The van der Waals surface area contributed by atoms with E-state index in [9.17, 15) is 0 Å². The van der Waals surface area contributed by atoms with Crippen molar-refractivity contribution in [1.82, 2.24) is 0 Å². The Hall–Kier alpha value is 0.254. The third kappa shape index (κ3) is 3.22. The first-order valence-electron chi connectivity index (χ1n) is 7.91. The molecule has 3 heteroatoms. The van der Waals surface area contributed by atoms with Crippen LogP contribution >= 0.6 is 23.2 Å². The summed E-state index contributed by atoms with van der Waals surface area (Å²) in [5.41, 5.74) is 8.40. The van der Waals surface area contributed by atoms with Gasteiger partial charge in [0.2, 0.25) is 0 Å². The van der Waals surface area contributed by atoms with E-state index in [1.54, 1.807) is 0 Å². The number of hydrogen-bond acceptors (Lipinski definition) is 0. The summed E-state index contributed by atoms with van der Waals surface area (Å²) < 4.78 is 0. The molecule has 0 fully saturated rings. The van der Waals surface area contributed by atoms with Crippen molar-refractivity contribution in [3.63, 3.8) is 0 Å². The predicted octanol–water partition coefficient (Wildman–Crippen LogP) is 7.26. The molecule has 22 heavy (non-hydrogen) atoms. The molecule has 0 aromatic carbocycles. The molecular formula is C19H26Cl2Ti. The minimum atomic E-state index is -0.0157. The van der Waals surface area contributed by atoms with Crippen LogP contribution in [0.4, 0.5) is 0 Å². The Balaban J connectivity index is 0.00000242. The van der Waals surface area contributed by atoms with Crippen LogP contribution in [0.2, 0.25) is 0 Å². The molecule has 0 heterocycles. The summed E-state index contributed by atoms with van der Waals surface area (Å²) in [6, 6.07) is 0. The first-order valence-corrected chi connectivity index (χ1v) is 8.67. The molecule has 0 radical (unpaired) electrons. The van der Waals surface area contributed by atoms with Gasteiger partial charge in [0.15, 0.2) is 0 Å². The van der Waals surface area contributed by atoms with Gasteiger partial charge in [0, 0.05) is 50.0 Å². The van der Waals surface area contributed by atoms with Crippen molar-refractivity contribution in [1.29, 1.82) is 0 Å². The van der Waals surface area contributed by atoms with E-state index in [-0.39, 0.29) is 27.1 Å². The smallest absolute Gasteiger partial charge is 0.0256 e. The summed E-state index contributed by atoms with van der Waals surface area (Å²) in [5.74, 6) is 0. The van der Waals surface area contributed by atoms with Gasteiger partial charge < -0.3 is 0 Å². The summed E-state index contributed by atoms with van der Waals surface area (Å²) >= 11 is 13.0. The first-order chi connectivity index (χ1) is 9.75. The van der Waals surface area contributed by atoms with Gasteiger partial charge in [-0.15, -0.1) is 0 Å². The summed E-state index contributed by atoms with van der Waals surface area (Å²) in [6.45, 7) is 13.5. The summed E-state index contributed by atoms with van der Waals surface area (Å²) in [7, 11) is 0. The summed E-state index contributed by atoms with van der Waals surface area (Å²) in [6.07, 6.45) is 3.82. The summed E-state index contributed by atoms with van der Waals surface area (Å²) in [4.78, 5) is 0. The molecule has 0 saturated heterocycles. The third-order valence-corrected chi connectivity index (χ3v) is 5.63. The average molecular weight is 373 g/mol. The molecule has 2 rings (SSSR count). The standard InChI is InChI=1S/C19H26Cl2.Ti/c1-7-13-15(20)9-11(3)17(13)19(5,6)18-12(4)10-16(21)14(18)8-2;/h7-10H2,1-6H3;. The Morgan fingerprint density at radius 2 is 1.14 bits per heavy atom. The van der Waals surface area contributed by atoms with Gasteiger partial charge in [-0.2, -0.15) is 0 Å². The molecule has 2 aliphatic carbocycles. The van der Waals surface area contributed by atoms with Crippen LogP contribution < -0.4 is 0 Å². The second-order valence-electron chi connectivity index (χ2n) is 6.76. The Kier molecular flexibility index (Phi) is 6.86. The van der Waals surface area contributed by atoms with Gasteiger partial charge in [0.1, 0.15) is 0 Å². The van der Waals surface area contributed by atoms with Gasteiger partial charge in [-0.05, 0) is 49.0 Å². The predicted molar refractivity (Wildman–Crippen MR) is 94.8 cm³/mol. The van der Waals surface area contributed by atoms with Crippen LogP contribution in [0.15, 0.2) is 43.5 Å². The molecule has 0 amide bonds. The molecule has 120 valence electrons. The van der Waals surface area contributed by atoms with E-state index in [0.29, 0.717) is 0 Å². The van der Waals surface area contributed by atoms with E-state index in [2.05, 4.69) is 41.5 Å². The van der Waals surface area contributed by atoms with Crippen LogP contribution in [-0.4, -0.2) is 0 Å². The Labute approximate surface area is 160 Å². The van der Waals surface area contributed by atoms with E-state index in [1.165, 1.54) is 33.4 Å². The molecule has 0 unspecified atom stereocenters. The normalized spacial score (nSPS) is 19.6. The van der Waals surface area contributed by atoms with Gasteiger partial charge in [-0.3, -0.25) is 0 Å². The first kappa shape index (κ1) is 20.3. The minimum absolute atomic E-state index is 0. The molecule has 0 nitrogen and oxygen atoms in total. The van der Waals surface area contributed by atoms with E-state index in [4.69, 9.17) is 23.2 Å². The maximum absolute atomic E-state index is 6.50. The van der Waals surface area contributed by atoms with Crippen molar-refractivity contribution in [2.45, 2.75) is 67.2 Å².